The summed E-state index contributed by atoms with van der Waals surface area (Å²) in [5, 5.41) is 7.89. The van der Waals surface area contributed by atoms with Crippen molar-refractivity contribution in [2.45, 2.75) is 0 Å². The normalized spacial score (nSPS) is 8.53. The van der Waals surface area contributed by atoms with Crippen molar-refractivity contribution in [2.24, 2.45) is 5.34 Å². The van der Waals surface area contributed by atoms with Crippen LogP contribution in [0, 0.1) is 4.91 Å². The molecule has 2 rings (SSSR count). The summed E-state index contributed by atoms with van der Waals surface area (Å²) in [6, 6.07) is 20.8. The lowest BCUT2D eigenvalue weighted by molar-refractivity contribution is 0.312. The lowest BCUT2D eigenvalue weighted by Crippen LogP contribution is -1.73. The van der Waals surface area contributed by atoms with Crippen LogP contribution in [0.15, 0.2) is 66.0 Å². The molecule has 0 bridgehead atoms. The van der Waals surface area contributed by atoms with Crippen LogP contribution >= 0.6 is 0 Å². The zero-order chi connectivity index (χ0) is 10.9. The third kappa shape index (κ3) is 3.60. The Hall–Kier alpha value is -2.16. The van der Waals surface area contributed by atoms with Crippen molar-refractivity contribution in [2.75, 3.05) is 0 Å². The van der Waals surface area contributed by atoms with E-state index >= 15 is 0 Å². The molecule has 3 heteroatoms. The SMILES string of the molecule is O=NO.c1ccc(-c2ccccc2)cc1. The summed E-state index contributed by atoms with van der Waals surface area (Å²) in [5.41, 5.74) is 2.55. The van der Waals surface area contributed by atoms with Crippen LogP contribution in [0.5, 0.6) is 0 Å². The highest BCUT2D eigenvalue weighted by molar-refractivity contribution is 5.62. The van der Waals surface area contributed by atoms with Gasteiger partial charge >= 0.3 is 0 Å². The highest BCUT2D eigenvalue weighted by Gasteiger charge is 1.91. The van der Waals surface area contributed by atoms with E-state index in [2.05, 4.69) is 48.5 Å². The summed E-state index contributed by atoms with van der Waals surface area (Å²) in [6.07, 6.45) is 0. The Labute approximate surface area is 87.9 Å². The molecule has 15 heavy (non-hydrogen) atoms. The maximum absolute atomic E-state index is 8.11. The molecule has 2 aromatic rings. The second-order valence-corrected chi connectivity index (χ2v) is 2.81. The van der Waals surface area contributed by atoms with Crippen LogP contribution in [0.25, 0.3) is 11.1 Å². The van der Waals surface area contributed by atoms with Gasteiger partial charge in [0.05, 0.1) is 0 Å². The fourth-order valence-electron chi connectivity index (χ4n) is 1.26. The van der Waals surface area contributed by atoms with Gasteiger partial charge in [-0.25, -0.2) is 0 Å². The van der Waals surface area contributed by atoms with Crippen molar-refractivity contribution < 1.29 is 5.21 Å². The lowest BCUT2D eigenvalue weighted by Gasteiger charge is -1.98. The molecule has 0 saturated carbocycles. The molecule has 0 radical (unpaired) electrons. The zero-order valence-corrected chi connectivity index (χ0v) is 8.08. The van der Waals surface area contributed by atoms with E-state index in [9.17, 15) is 0 Å². The monoisotopic (exact) mass is 201 g/mol. The van der Waals surface area contributed by atoms with Gasteiger partial charge in [-0.05, 0) is 11.1 Å². The first-order valence-corrected chi connectivity index (χ1v) is 4.45. The molecule has 0 aliphatic rings. The standard InChI is InChI=1S/C12H10.HNO2/c1-3-7-11(8-4-1)12-9-5-2-6-10-12;2-1-3/h1-10H;(H,2,3). The number of hydrogen-bond donors (Lipinski definition) is 1. The Balaban J connectivity index is 0.000000337. The average Bonchev–Trinajstić information content (AvgIpc) is 2.32. The molecule has 0 fully saturated rings. The molecule has 76 valence electrons. The second-order valence-electron chi connectivity index (χ2n) is 2.81. The van der Waals surface area contributed by atoms with Gasteiger partial charge in [-0.3, -0.25) is 0 Å². The molecule has 0 spiro atoms. The third-order valence-electron chi connectivity index (χ3n) is 1.88. The van der Waals surface area contributed by atoms with Crippen LogP contribution in [0.3, 0.4) is 0 Å². The van der Waals surface area contributed by atoms with Gasteiger partial charge in [0.15, 0.2) is 5.34 Å². The average molecular weight is 201 g/mol. The van der Waals surface area contributed by atoms with Crippen LogP contribution in [0.1, 0.15) is 0 Å². The predicted molar refractivity (Wildman–Crippen MR) is 59.5 cm³/mol. The molecule has 2 aromatic carbocycles. The van der Waals surface area contributed by atoms with Gasteiger partial charge in [-0.15, -0.1) is 4.91 Å². The summed E-state index contributed by atoms with van der Waals surface area (Å²) in [6.45, 7) is 0. The van der Waals surface area contributed by atoms with Crippen molar-refractivity contribution in [1.82, 2.24) is 0 Å². The van der Waals surface area contributed by atoms with E-state index in [1.165, 1.54) is 16.5 Å². The summed E-state index contributed by atoms with van der Waals surface area (Å²) >= 11 is 0. The molecule has 0 aliphatic carbocycles. The summed E-state index contributed by atoms with van der Waals surface area (Å²) < 4.78 is 0. The van der Waals surface area contributed by atoms with Crippen molar-refractivity contribution in [1.29, 1.82) is 0 Å². The first-order valence-electron chi connectivity index (χ1n) is 4.45. The number of benzene rings is 2. The fraction of sp³-hybridized carbons (Fsp3) is 0. The first-order chi connectivity index (χ1) is 7.38. The Morgan fingerprint density at radius 2 is 1.00 bits per heavy atom. The summed E-state index contributed by atoms with van der Waals surface area (Å²) in [4.78, 5) is 8.11. The minimum atomic E-state index is 1.25. The molecule has 0 amide bonds. The molecule has 0 atom stereocenters. The molecular formula is C12H11NO2. The van der Waals surface area contributed by atoms with Crippen LogP contribution in [-0.4, -0.2) is 5.21 Å². The Kier molecular flexibility index (Phi) is 4.60. The van der Waals surface area contributed by atoms with E-state index in [1.54, 1.807) is 0 Å². The zero-order valence-electron chi connectivity index (χ0n) is 8.08. The predicted octanol–water partition coefficient (Wildman–Crippen LogP) is 3.50. The van der Waals surface area contributed by atoms with E-state index in [0.29, 0.717) is 0 Å². The topological polar surface area (TPSA) is 49.7 Å². The van der Waals surface area contributed by atoms with Gasteiger partial charge in [0.25, 0.3) is 0 Å². The van der Waals surface area contributed by atoms with E-state index in [1.807, 2.05) is 12.1 Å². The summed E-state index contributed by atoms with van der Waals surface area (Å²) in [7, 11) is 0. The van der Waals surface area contributed by atoms with Gasteiger partial charge in [0.2, 0.25) is 0 Å². The Morgan fingerprint density at radius 1 is 0.733 bits per heavy atom. The molecule has 1 N–H and O–H groups in total. The van der Waals surface area contributed by atoms with Crippen LogP contribution in [-0.2, 0) is 0 Å². The van der Waals surface area contributed by atoms with Crippen molar-refractivity contribution >= 4 is 0 Å². The fourth-order valence-corrected chi connectivity index (χ4v) is 1.26. The van der Waals surface area contributed by atoms with E-state index in [-0.39, 0.29) is 0 Å². The maximum Gasteiger partial charge on any atom is 0.152 e. The number of rotatable bonds is 1. The van der Waals surface area contributed by atoms with Crippen LogP contribution < -0.4 is 0 Å². The van der Waals surface area contributed by atoms with Crippen LogP contribution in [0.2, 0.25) is 0 Å². The molecule has 0 aliphatic heterocycles. The van der Waals surface area contributed by atoms with Crippen molar-refractivity contribution in [3.8, 4) is 11.1 Å². The van der Waals surface area contributed by atoms with Gasteiger partial charge in [-0.1, -0.05) is 60.7 Å². The largest absolute Gasteiger partial charge is 0.379 e. The number of hydrogen-bond acceptors (Lipinski definition) is 2. The van der Waals surface area contributed by atoms with Crippen LogP contribution in [0.4, 0.5) is 0 Å². The maximum atomic E-state index is 8.11. The van der Waals surface area contributed by atoms with Gasteiger partial charge in [-0.2, -0.15) is 0 Å². The lowest BCUT2D eigenvalue weighted by atomic mass is 10.1. The van der Waals surface area contributed by atoms with E-state index < -0.39 is 0 Å². The smallest absolute Gasteiger partial charge is 0.152 e. The van der Waals surface area contributed by atoms with E-state index in [0.717, 1.165) is 0 Å². The Morgan fingerprint density at radius 3 is 1.27 bits per heavy atom. The molecule has 3 nitrogen and oxygen atoms in total. The molecule has 0 saturated heterocycles. The third-order valence-corrected chi connectivity index (χ3v) is 1.88. The highest BCUT2D eigenvalue weighted by Crippen LogP contribution is 2.17. The molecule has 0 heterocycles. The quantitative estimate of drug-likeness (QED) is 0.567. The molecular weight excluding hydrogens is 190 g/mol. The molecule has 0 unspecified atom stereocenters. The highest BCUT2D eigenvalue weighted by atomic mass is 16.6. The minimum absolute atomic E-state index is 1.25. The summed E-state index contributed by atoms with van der Waals surface area (Å²) in [5.74, 6) is 0. The number of nitrogens with zero attached hydrogens (tertiary/aromatic N) is 1. The first kappa shape index (κ1) is 10.9. The van der Waals surface area contributed by atoms with Gasteiger partial charge in [0.1, 0.15) is 0 Å². The second kappa shape index (κ2) is 6.32. The van der Waals surface area contributed by atoms with Crippen molar-refractivity contribution in [3.63, 3.8) is 0 Å². The van der Waals surface area contributed by atoms with Crippen molar-refractivity contribution in [3.05, 3.63) is 65.6 Å². The Bertz CT molecular complexity index is 349. The van der Waals surface area contributed by atoms with Gasteiger partial charge < -0.3 is 5.21 Å². The minimum Gasteiger partial charge on any atom is -0.379 e. The van der Waals surface area contributed by atoms with Gasteiger partial charge in [0, 0.05) is 0 Å². The van der Waals surface area contributed by atoms with E-state index in [4.69, 9.17) is 10.1 Å². The molecule has 0 aromatic heterocycles.